The van der Waals surface area contributed by atoms with Crippen molar-refractivity contribution in [1.82, 2.24) is 4.90 Å². The second-order valence-corrected chi connectivity index (χ2v) is 5.73. The van der Waals surface area contributed by atoms with Crippen molar-refractivity contribution < 1.29 is 4.39 Å². The van der Waals surface area contributed by atoms with E-state index in [-0.39, 0.29) is 5.82 Å². The van der Waals surface area contributed by atoms with Gasteiger partial charge in [0.15, 0.2) is 0 Å². The van der Waals surface area contributed by atoms with Gasteiger partial charge in [-0.1, -0.05) is 28.4 Å². The van der Waals surface area contributed by atoms with Crippen molar-refractivity contribution in [3.63, 3.8) is 0 Å². The summed E-state index contributed by atoms with van der Waals surface area (Å²) in [5, 5.41) is 0. The molecule has 0 aromatic heterocycles. The molecule has 1 saturated heterocycles. The molecule has 2 rings (SSSR count). The lowest BCUT2D eigenvalue weighted by Crippen LogP contribution is -2.40. The van der Waals surface area contributed by atoms with E-state index in [1.54, 1.807) is 0 Å². The van der Waals surface area contributed by atoms with Gasteiger partial charge in [0, 0.05) is 28.5 Å². The lowest BCUT2D eigenvalue weighted by Gasteiger charge is -2.34. The van der Waals surface area contributed by atoms with Crippen molar-refractivity contribution in [2.24, 2.45) is 0 Å². The molecule has 0 radical (unpaired) electrons. The van der Waals surface area contributed by atoms with Crippen molar-refractivity contribution in [2.75, 3.05) is 12.4 Å². The molecule has 1 nitrogen and oxygen atoms in total. The predicted octanol–water partition coefficient (Wildman–Crippen LogP) is 4.18. The van der Waals surface area contributed by atoms with Crippen molar-refractivity contribution in [3.8, 4) is 0 Å². The van der Waals surface area contributed by atoms with Gasteiger partial charge < -0.3 is 0 Å². The Bertz CT molecular complexity index is 386. The SMILES string of the molecule is Fc1cc(Br)ccc1CN1CCCCC1CCl. The topological polar surface area (TPSA) is 3.24 Å². The molecule has 94 valence electrons. The maximum Gasteiger partial charge on any atom is 0.128 e. The van der Waals surface area contributed by atoms with Crippen LogP contribution in [0.25, 0.3) is 0 Å². The van der Waals surface area contributed by atoms with Crippen molar-refractivity contribution >= 4 is 27.5 Å². The number of hydrogen-bond acceptors (Lipinski definition) is 1. The number of halogens is 3. The Morgan fingerprint density at radius 2 is 2.24 bits per heavy atom. The highest BCUT2D eigenvalue weighted by molar-refractivity contribution is 9.10. The van der Waals surface area contributed by atoms with E-state index >= 15 is 0 Å². The molecule has 1 unspecified atom stereocenters. The Balaban J connectivity index is 2.08. The van der Waals surface area contributed by atoms with Gasteiger partial charge in [0.05, 0.1) is 0 Å². The van der Waals surface area contributed by atoms with Gasteiger partial charge in [-0.15, -0.1) is 11.6 Å². The molecule has 1 heterocycles. The Kier molecular flexibility index (Phi) is 4.83. The van der Waals surface area contributed by atoms with Crippen molar-refractivity contribution in [3.05, 3.63) is 34.1 Å². The van der Waals surface area contributed by atoms with Crippen LogP contribution in [-0.4, -0.2) is 23.4 Å². The molecular formula is C13H16BrClFN. The molecule has 1 aromatic rings. The number of piperidine rings is 1. The fourth-order valence-electron chi connectivity index (χ4n) is 2.31. The van der Waals surface area contributed by atoms with Gasteiger partial charge >= 0.3 is 0 Å². The first kappa shape index (κ1) is 13.3. The summed E-state index contributed by atoms with van der Waals surface area (Å²) in [5.74, 6) is 0.497. The van der Waals surface area contributed by atoms with E-state index in [4.69, 9.17) is 11.6 Å². The minimum atomic E-state index is -0.140. The molecule has 1 aromatic carbocycles. The predicted molar refractivity (Wildman–Crippen MR) is 72.9 cm³/mol. The van der Waals surface area contributed by atoms with Gasteiger partial charge in [0.2, 0.25) is 0 Å². The molecule has 1 atom stereocenters. The van der Waals surface area contributed by atoms with Crippen LogP contribution in [0.15, 0.2) is 22.7 Å². The lowest BCUT2D eigenvalue weighted by atomic mass is 10.0. The summed E-state index contributed by atoms with van der Waals surface area (Å²) in [5.41, 5.74) is 0.755. The van der Waals surface area contributed by atoms with Crippen LogP contribution in [0.5, 0.6) is 0 Å². The van der Waals surface area contributed by atoms with Crippen LogP contribution in [0.2, 0.25) is 0 Å². The van der Waals surface area contributed by atoms with E-state index in [1.165, 1.54) is 18.9 Å². The first-order chi connectivity index (χ1) is 8.20. The molecule has 17 heavy (non-hydrogen) atoms. The molecular weight excluding hydrogens is 305 g/mol. The largest absolute Gasteiger partial charge is 0.295 e. The number of alkyl halides is 1. The van der Waals surface area contributed by atoms with E-state index in [2.05, 4.69) is 20.8 Å². The van der Waals surface area contributed by atoms with Crippen LogP contribution in [0, 0.1) is 5.82 Å². The third-order valence-electron chi connectivity index (χ3n) is 3.32. The molecule has 1 aliphatic heterocycles. The first-order valence-electron chi connectivity index (χ1n) is 5.94. The highest BCUT2D eigenvalue weighted by atomic mass is 79.9. The van der Waals surface area contributed by atoms with Crippen LogP contribution < -0.4 is 0 Å². The van der Waals surface area contributed by atoms with Gasteiger partial charge in [-0.05, 0) is 31.5 Å². The maximum atomic E-state index is 13.7. The van der Waals surface area contributed by atoms with E-state index in [1.807, 2.05) is 12.1 Å². The molecule has 0 spiro atoms. The number of nitrogens with zero attached hydrogens (tertiary/aromatic N) is 1. The van der Waals surface area contributed by atoms with Gasteiger partial charge in [-0.3, -0.25) is 4.90 Å². The van der Waals surface area contributed by atoms with E-state index < -0.39 is 0 Å². The molecule has 0 saturated carbocycles. The van der Waals surface area contributed by atoms with E-state index in [0.29, 0.717) is 18.5 Å². The minimum Gasteiger partial charge on any atom is -0.295 e. The van der Waals surface area contributed by atoms with Gasteiger partial charge in [-0.25, -0.2) is 4.39 Å². The minimum absolute atomic E-state index is 0.140. The maximum absolute atomic E-state index is 13.7. The van der Waals surface area contributed by atoms with Crippen LogP contribution in [-0.2, 0) is 6.54 Å². The molecule has 0 amide bonds. The van der Waals surface area contributed by atoms with Crippen molar-refractivity contribution in [1.29, 1.82) is 0 Å². The molecule has 0 N–H and O–H groups in total. The number of likely N-dealkylation sites (tertiary alicyclic amines) is 1. The second-order valence-electron chi connectivity index (χ2n) is 4.51. The number of benzene rings is 1. The summed E-state index contributed by atoms with van der Waals surface area (Å²) in [4.78, 5) is 2.29. The molecule has 1 fully saturated rings. The third-order valence-corrected chi connectivity index (χ3v) is 4.17. The quantitative estimate of drug-likeness (QED) is 0.755. The molecule has 0 bridgehead atoms. The molecule has 4 heteroatoms. The summed E-state index contributed by atoms with van der Waals surface area (Å²) in [7, 11) is 0. The number of hydrogen-bond donors (Lipinski definition) is 0. The fraction of sp³-hybridized carbons (Fsp3) is 0.538. The van der Waals surface area contributed by atoms with E-state index in [0.717, 1.165) is 23.0 Å². The van der Waals surface area contributed by atoms with E-state index in [9.17, 15) is 4.39 Å². The van der Waals surface area contributed by atoms with Gasteiger partial charge in [0.1, 0.15) is 5.82 Å². The zero-order valence-corrected chi connectivity index (χ0v) is 12.0. The monoisotopic (exact) mass is 319 g/mol. The Morgan fingerprint density at radius 3 is 2.94 bits per heavy atom. The Hall–Kier alpha value is -0.120. The summed E-state index contributed by atoms with van der Waals surface area (Å²) in [6.07, 6.45) is 3.55. The normalized spacial score (nSPS) is 21.7. The van der Waals surface area contributed by atoms with Gasteiger partial charge in [-0.2, -0.15) is 0 Å². The van der Waals surface area contributed by atoms with Crippen LogP contribution in [0.4, 0.5) is 4.39 Å². The smallest absolute Gasteiger partial charge is 0.128 e. The Labute approximate surface area is 115 Å². The zero-order valence-electron chi connectivity index (χ0n) is 9.63. The number of rotatable bonds is 3. The van der Waals surface area contributed by atoms with Crippen molar-refractivity contribution in [2.45, 2.75) is 31.8 Å². The zero-order chi connectivity index (χ0) is 12.3. The van der Waals surface area contributed by atoms with Crippen LogP contribution >= 0.6 is 27.5 Å². The third kappa shape index (κ3) is 3.43. The van der Waals surface area contributed by atoms with Gasteiger partial charge in [0.25, 0.3) is 0 Å². The van der Waals surface area contributed by atoms with Crippen LogP contribution in [0.1, 0.15) is 24.8 Å². The fourth-order valence-corrected chi connectivity index (χ4v) is 2.99. The summed E-state index contributed by atoms with van der Waals surface area (Å²) in [6.45, 7) is 1.68. The highest BCUT2D eigenvalue weighted by Crippen LogP contribution is 2.23. The summed E-state index contributed by atoms with van der Waals surface area (Å²) < 4.78 is 14.5. The summed E-state index contributed by atoms with van der Waals surface area (Å²) >= 11 is 9.24. The molecule has 1 aliphatic rings. The summed E-state index contributed by atoms with van der Waals surface area (Å²) in [6, 6.07) is 5.65. The van der Waals surface area contributed by atoms with Crippen LogP contribution in [0.3, 0.4) is 0 Å². The standard InChI is InChI=1S/C13H16BrClFN/c14-11-5-4-10(13(16)7-11)9-17-6-2-1-3-12(17)8-15/h4-5,7,12H,1-3,6,8-9H2. The first-order valence-corrected chi connectivity index (χ1v) is 7.27. The average Bonchev–Trinajstić information content (AvgIpc) is 2.33. The molecule has 0 aliphatic carbocycles. The highest BCUT2D eigenvalue weighted by Gasteiger charge is 2.22. The average molecular weight is 321 g/mol. The Morgan fingerprint density at radius 1 is 1.41 bits per heavy atom. The lowest BCUT2D eigenvalue weighted by molar-refractivity contribution is 0.153. The second kappa shape index (κ2) is 6.17.